The number of hydrogen-bond donors (Lipinski definition) is 2. The Morgan fingerprint density at radius 3 is 2.74 bits per heavy atom. The third-order valence-corrected chi connectivity index (χ3v) is 6.34. The van der Waals surface area contributed by atoms with Gasteiger partial charge < -0.3 is 20.3 Å². The normalized spacial score (nSPS) is 18.8. The van der Waals surface area contributed by atoms with Crippen molar-refractivity contribution >= 4 is 47.8 Å². The summed E-state index contributed by atoms with van der Waals surface area (Å²) in [4.78, 5) is 22.9. The molecule has 2 heterocycles. The number of carbonyl (C=O) groups excluding carboxylic acids is 1. The molecule has 7 nitrogen and oxygen atoms in total. The number of aliphatic imine (C=N–C) groups is 1. The molecular formula is C22H38IN5O2S. The van der Waals surface area contributed by atoms with Crippen molar-refractivity contribution in [3.05, 3.63) is 30.1 Å². The number of rotatable bonds is 8. The van der Waals surface area contributed by atoms with Gasteiger partial charge in [-0.15, -0.1) is 24.0 Å². The Morgan fingerprint density at radius 2 is 2.16 bits per heavy atom. The highest BCUT2D eigenvalue weighted by molar-refractivity contribution is 14.0. The van der Waals surface area contributed by atoms with Gasteiger partial charge in [0.25, 0.3) is 0 Å². The second kappa shape index (κ2) is 13.3. The van der Waals surface area contributed by atoms with E-state index >= 15 is 0 Å². The summed E-state index contributed by atoms with van der Waals surface area (Å²) in [5.74, 6) is 2.04. The van der Waals surface area contributed by atoms with E-state index in [9.17, 15) is 4.79 Å². The second-order valence-corrected chi connectivity index (χ2v) is 10.6. The maximum Gasteiger partial charge on any atom is 0.410 e. The van der Waals surface area contributed by atoms with Crippen molar-refractivity contribution in [3.63, 3.8) is 0 Å². The number of aromatic nitrogens is 1. The van der Waals surface area contributed by atoms with Crippen molar-refractivity contribution in [1.29, 1.82) is 0 Å². The van der Waals surface area contributed by atoms with Crippen molar-refractivity contribution in [1.82, 2.24) is 20.5 Å². The lowest BCUT2D eigenvalue weighted by molar-refractivity contribution is 0.0232. The molecule has 1 aliphatic heterocycles. The first-order chi connectivity index (χ1) is 14.2. The van der Waals surface area contributed by atoms with Crippen LogP contribution in [0.25, 0.3) is 0 Å². The van der Waals surface area contributed by atoms with Gasteiger partial charge in [0.15, 0.2) is 5.96 Å². The predicted octanol–water partition coefficient (Wildman–Crippen LogP) is 4.28. The average Bonchev–Trinajstić information content (AvgIpc) is 3.12. The lowest BCUT2D eigenvalue weighted by Gasteiger charge is -2.28. The van der Waals surface area contributed by atoms with Gasteiger partial charge in [-0.3, -0.25) is 9.98 Å². The van der Waals surface area contributed by atoms with Gasteiger partial charge in [0.1, 0.15) is 5.60 Å². The van der Waals surface area contributed by atoms with Gasteiger partial charge in [-0.2, -0.15) is 11.8 Å². The summed E-state index contributed by atoms with van der Waals surface area (Å²) >= 11 is 2.03. The minimum Gasteiger partial charge on any atom is -0.444 e. The second-order valence-electron chi connectivity index (χ2n) is 8.87. The van der Waals surface area contributed by atoms with Crippen LogP contribution in [0, 0.1) is 0 Å². The molecule has 0 bridgehead atoms. The summed E-state index contributed by atoms with van der Waals surface area (Å²) in [5, 5.41) is 6.79. The summed E-state index contributed by atoms with van der Waals surface area (Å²) in [6.45, 7) is 10.6. The minimum absolute atomic E-state index is 0. The Bertz CT molecular complexity index is 691. The van der Waals surface area contributed by atoms with Gasteiger partial charge in [-0.25, -0.2) is 4.79 Å². The zero-order chi connectivity index (χ0) is 22.0. The van der Waals surface area contributed by atoms with E-state index in [2.05, 4.69) is 27.5 Å². The third-order valence-electron chi connectivity index (χ3n) is 4.80. The van der Waals surface area contributed by atoms with E-state index in [1.807, 2.05) is 44.7 Å². The monoisotopic (exact) mass is 563 g/mol. The number of nitrogens with zero attached hydrogens (tertiary/aromatic N) is 3. The number of carbonyl (C=O) groups is 1. The number of guanidine groups is 1. The van der Waals surface area contributed by atoms with Gasteiger partial charge >= 0.3 is 6.09 Å². The van der Waals surface area contributed by atoms with Crippen LogP contribution in [0.5, 0.6) is 0 Å². The number of ether oxygens (including phenoxy) is 1. The fourth-order valence-corrected chi connectivity index (χ4v) is 4.46. The summed E-state index contributed by atoms with van der Waals surface area (Å²) in [7, 11) is 1.79. The molecule has 1 saturated heterocycles. The number of thioether (sulfide) groups is 1. The molecule has 0 spiro atoms. The quantitative estimate of drug-likeness (QED) is 0.213. The zero-order valence-electron chi connectivity index (χ0n) is 19.4. The predicted molar refractivity (Wildman–Crippen MR) is 140 cm³/mol. The maximum absolute atomic E-state index is 12.7. The molecule has 0 aromatic carbocycles. The lowest BCUT2D eigenvalue weighted by Crippen LogP contribution is -2.44. The Morgan fingerprint density at radius 1 is 1.39 bits per heavy atom. The Balaban J connectivity index is 0.00000480. The fraction of sp³-hybridized carbons (Fsp3) is 0.682. The van der Waals surface area contributed by atoms with E-state index in [4.69, 9.17) is 4.74 Å². The summed E-state index contributed by atoms with van der Waals surface area (Å²) in [6.07, 6.45) is 6.51. The molecule has 0 radical (unpaired) electrons. The molecule has 0 saturated carbocycles. The number of halogens is 1. The van der Waals surface area contributed by atoms with Gasteiger partial charge in [-0.05, 0) is 64.3 Å². The highest BCUT2D eigenvalue weighted by atomic mass is 127. The van der Waals surface area contributed by atoms with E-state index in [1.165, 1.54) is 18.6 Å². The van der Waals surface area contributed by atoms with Crippen molar-refractivity contribution in [2.45, 2.75) is 63.9 Å². The topological polar surface area (TPSA) is 78.9 Å². The summed E-state index contributed by atoms with van der Waals surface area (Å²) in [6, 6.07) is 3.85. The molecular weight excluding hydrogens is 525 g/mol. The Labute approximate surface area is 208 Å². The van der Waals surface area contributed by atoms with Gasteiger partial charge in [-0.1, -0.05) is 6.07 Å². The highest BCUT2D eigenvalue weighted by Crippen LogP contribution is 2.36. The van der Waals surface area contributed by atoms with Gasteiger partial charge in [0.2, 0.25) is 0 Å². The first-order valence-electron chi connectivity index (χ1n) is 10.7. The molecule has 1 amide bonds. The molecule has 1 aromatic rings. The average molecular weight is 564 g/mol. The molecule has 0 aliphatic carbocycles. The van der Waals surface area contributed by atoms with Crippen LogP contribution in [0.3, 0.4) is 0 Å². The number of amides is 1. The van der Waals surface area contributed by atoms with Crippen LogP contribution in [-0.2, 0) is 11.3 Å². The number of hydrogen-bond acceptors (Lipinski definition) is 5. The van der Waals surface area contributed by atoms with E-state index < -0.39 is 5.60 Å². The Hall–Kier alpha value is -1.23. The molecule has 1 aromatic heterocycles. The Kier molecular flexibility index (Phi) is 12.0. The number of nitrogens with one attached hydrogen (secondary N) is 2. The lowest BCUT2D eigenvalue weighted by atomic mass is 10.1. The molecule has 2 rings (SSSR count). The first-order valence-corrected chi connectivity index (χ1v) is 11.6. The van der Waals surface area contributed by atoms with Crippen LogP contribution in [0.1, 0.15) is 52.5 Å². The third kappa shape index (κ3) is 10.8. The van der Waals surface area contributed by atoms with Crippen LogP contribution in [0.2, 0.25) is 0 Å². The maximum atomic E-state index is 12.7. The molecule has 1 aliphatic rings. The van der Waals surface area contributed by atoms with E-state index in [-0.39, 0.29) is 34.8 Å². The molecule has 1 unspecified atom stereocenters. The van der Waals surface area contributed by atoms with Crippen LogP contribution in [0.4, 0.5) is 4.79 Å². The van der Waals surface area contributed by atoms with E-state index in [0.717, 1.165) is 31.0 Å². The zero-order valence-corrected chi connectivity index (χ0v) is 22.6. The largest absolute Gasteiger partial charge is 0.444 e. The van der Waals surface area contributed by atoms with Crippen molar-refractivity contribution in [2.75, 3.05) is 32.4 Å². The van der Waals surface area contributed by atoms with Crippen molar-refractivity contribution < 1.29 is 9.53 Å². The standard InChI is InChI=1S/C22H37N5O2S.HI/c1-21(2,3)29-20(28)27(16-18-9-6-11-24-15-18)13-8-12-25-19(23-5)26-17-22(4)10-7-14-30-22;/h6,9,11,15H,7-8,10,12-14,16-17H2,1-5H3,(H2,23,25,26);1H. The van der Waals surface area contributed by atoms with Crippen LogP contribution < -0.4 is 10.6 Å². The van der Waals surface area contributed by atoms with Gasteiger partial charge in [0.05, 0.1) is 6.54 Å². The van der Waals surface area contributed by atoms with Crippen molar-refractivity contribution in [2.24, 2.45) is 4.99 Å². The van der Waals surface area contributed by atoms with Crippen LogP contribution >= 0.6 is 35.7 Å². The smallest absolute Gasteiger partial charge is 0.410 e. The van der Waals surface area contributed by atoms with E-state index in [1.54, 1.807) is 24.3 Å². The molecule has 176 valence electrons. The SMILES string of the molecule is CN=C(NCCCN(Cc1cccnc1)C(=O)OC(C)(C)C)NCC1(C)CCCS1.I. The minimum atomic E-state index is -0.525. The summed E-state index contributed by atoms with van der Waals surface area (Å²) in [5.41, 5.74) is 0.458. The summed E-state index contributed by atoms with van der Waals surface area (Å²) < 4.78 is 5.87. The van der Waals surface area contributed by atoms with Crippen LogP contribution in [-0.4, -0.2) is 64.7 Å². The molecule has 31 heavy (non-hydrogen) atoms. The number of pyridine rings is 1. The van der Waals surface area contributed by atoms with Crippen molar-refractivity contribution in [3.8, 4) is 0 Å². The van der Waals surface area contributed by atoms with Crippen LogP contribution in [0.15, 0.2) is 29.5 Å². The van der Waals surface area contributed by atoms with E-state index in [0.29, 0.717) is 13.1 Å². The fourth-order valence-electron chi connectivity index (χ4n) is 3.22. The first kappa shape index (κ1) is 27.8. The molecule has 1 fully saturated rings. The van der Waals surface area contributed by atoms with Gasteiger partial charge in [0, 0.05) is 43.8 Å². The molecule has 2 N–H and O–H groups in total. The highest BCUT2D eigenvalue weighted by Gasteiger charge is 2.29. The molecule has 1 atom stereocenters. The molecule has 9 heteroatoms.